The zero-order valence-corrected chi connectivity index (χ0v) is 16.0. The number of anilines is 1. The SMILES string of the molecule is O=C(NCCc1cccnc1)Nc1ccc(S(=O)(=O)C2CCCCC2)cc1. The molecule has 1 saturated carbocycles. The molecular weight excluding hydrogens is 362 g/mol. The maximum Gasteiger partial charge on any atom is 0.319 e. The smallest absolute Gasteiger partial charge is 0.319 e. The molecule has 0 spiro atoms. The Morgan fingerprint density at radius 2 is 1.81 bits per heavy atom. The van der Waals surface area contributed by atoms with Gasteiger partial charge in [-0.25, -0.2) is 13.2 Å². The van der Waals surface area contributed by atoms with E-state index in [1.54, 1.807) is 36.7 Å². The zero-order valence-electron chi connectivity index (χ0n) is 15.2. The van der Waals surface area contributed by atoms with Crippen LogP contribution in [0.15, 0.2) is 53.7 Å². The highest BCUT2D eigenvalue weighted by atomic mass is 32.2. The lowest BCUT2D eigenvalue weighted by Crippen LogP contribution is -2.30. The van der Waals surface area contributed by atoms with Crippen molar-refractivity contribution in [1.82, 2.24) is 10.3 Å². The number of hydrogen-bond donors (Lipinski definition) is 2. The first-order chi connectivity index (χ1) is 13.1. The predicted octanol–water partition coefficient (Wildman–Crippen LogP) is 3.55. The summed E-state index contributed by atoms with van der Waals surface area (Å²) in [6.45, 7) is 0.492. The molecule has 7 heteroatoms. The molecule has 0 bridgehead atoms. The van der Waals surface area contributed by atoms with E-state index in [0.29, 0.717) is 23.5 Å². The van der Waals surface area contributed by atoms with Gasteiger partial charge >= 0.3 is 6.03 Å². The molecule has 2 N–H and O–H groups in total. The minimum Gasteiger partial charge on any atom is -0.338 e. The van der Waals surface area contributed by atoms with E-state index in [-0.39, 0.29) is 11.3 Å². The number of nitrogens with zero attached hydrogens (tertiary/aromatic N) is 1. The van der Waals surface area contributed by atoms with E-state index in [9.17, 15) is 13.2 Å². The van der Waals surface area contributed by atoms with Gasteiger partial charge in [0.1, 0.15) is 0 Å². The van der Waals surface area contributed by atoms with E-state index in [2.05, 4.69) is 15.6 Å². The summed E-state index contributed by atoms with van der Waals surface area (Å²) in [7, 11) is -3.29. The molecule has 1 fully saturated rings. The third kappa shape index (κ3) is 5.29. The molecule has 2 aromatic rings. The van der Waals surface area contributed by atoms with Crippen molar-refractivity contribution < 1.29 is 13.2 Å². The van der Waals surface area contributed by atoms with Crippen LogP contribution in [0.3, 0.4) is 0 Å². The second-order valence-corrected chi connectivity index (χ2v) is 9.05. The van der Waals surface area contributed by atoms with Gasteiger partial charge in [0.2, 0.25) is 0 Å². The van der Waals surface area contributed by atoms with E-state index >= 15 is 0 Å². The summed E-state index contributed by atoms with van der Waals surface area (Å²) >= 11 is 0. The number of urea groups is 1. The number of aromatic nitrogens is 1. The molecule has 3 rings (SSSR count). The summed E-state index contributed by atoms with van der Waals surface area (Å²) in [5.74, 6) is 0. The summed E-state index contributed by atoms with van der Waals surface area (Å²) in [6.07, 6.45) is 8.71. The average Bonchev–Trinajstić information content (AvgIpc) is 2.70. The van der Waals surface area contributed by atoms with Crippen LogP contribution >= 0.6 is 0 Å². The van der Waals surface area contributed by atoms with Gasteiger partial charge < -0.3 is 10.6 Å². The first kappa shape index (κ1) is 19.4. The Labute approximate surface area is 160 Å². The van der Waals surface area contributed by atoms with Gasteiger partial charge in [0.25, 0.3) is 0 Å². The maximum absolute atomic E-state index is 12.7. The van der Waals surface area contributed by atoms with Crippen LogP contribution in [-0.4, -0.2) is 31.2 Å². The van der Waals surface area contributed by atoms with E-state index in [4.69, 9.17) is 0 Å². The van der Waals surface area contributed by atoms with Gasteiger partial charge in [-0.1, -0.05) is 25.3 Å². The molecule has 1 aromatic heterocycles. The fourth-order valence-corrected chi connectivity index (χ4v) is 5.19. The van der Waals surface area contributed by atoms with Crippen molar-refractivity contribution in [2.75, 3.05) is 11.9 Å². The fourth-order valence-electron chi connectivity index (χ4n) is 3.34. The number of benzene rings is 1. The third-order valence-corrected chi connectivity index (χ3v) is 7.13. The first-order valence-electron chi connectivity index (χ1n) is 9.33. The van der Waals surface area contributed by atoms with Crippen molar-refractivity contribution in [1.29, 1.82) is 0 Å². The highest BCUT2D eigenvalue weighted by molar-refractivity contribution is 7.92. The molecular formula is C20H25N3O3S. The number of rotatable bonds is 6. The summed E-state index contributed by atoms with van der Waals surface area (Å²) in [5, 5.41) is 5.23. The first-order valence-corrected chi connectivity index (χ1v) is 10.9. The monoisotopic (exact) mass is 387 g/mol. The quantitative estimate of drug-likeness (QED) is 0.793. The molecule has 0 aliphatic heterocycles. The highest BCUT2D eigenvalue weighted by Gasteiger charge is 2.28. The number of hydrogen-bond acceptors (Lipinski definition) is 4. The van der Waals surface area contributed by atoms with Crippen LogP contribution in [0.25, 0.3) is 0 Å². The van der Waals surface area contributed by atoms with Crippen molar-refractivity contribution >= 4 is 21.6 Å². The Kier molecular flexibility index (Phi) is 6.45. The van der Waals surface area contributed by atoms with Gasteiger partial charge in [-0.2, -0.15) is 0 Å². The Balaban J connectivity index is 1.51. The number of carbonyl (C=O) groups excluding carboxylic acids is 1. The van der Waals surface area contributed by atoms with Crippen LogP contribution in [0.2, 0.25) is 0 Å². The molecule has 0 radical (unpaired) electrons. The highest BCUT2D eigenvalue weighted by Crippen LogP contribution is 2.29. The van der Waals surface area contributed by atoms with Crippen molar-refractivity contribution in [2.45, 2.75) is 48.7 Å². The van der Waals surface area contributed by atoms with Gasteiger partial charge in [0.05, 0.1) is 10.1 Å². The standard InChI is InChI=1S/C20H25N3O3S/c24-20(22-14-12-16-5-4-13-21-15-16)23-17-8-10-19(11-9-17)27(25,26)18-6-2-1-3-7-18/h4-5,8-11,13,15,18H,1-3,6-7,12,14H2,(H2,22,23,24). The number of carbonyl (C=O) groups is 1. The maximum atomic E-state index is 12.7. The Bertz CT molecular complexity index is 846. The molecule has 1 aliphatic rings. The second kappa shape index (κ2) is 8.99. The van der Waals surface area contributed by atoms with Crippen molar-refractivity contribution in [3.8, 4) is 0 Å². The predicted molar refractivity (Wildman–Crippen MR) is 105 cm³/mol. The van der Waals surface area contributed by atoms with Crippen molar-refractivity contribution in [3.63, 3.8) is 0 Å². The van der Waals surface area contributed by atoms with Crippen molar-refractivity contribution in [3.05, 3.63) is 54.4 Å². The average molecular weight is 388 g/mol. The minimum absolute atomic E-state index is 0.277. The van der Waals surface area contributed by atoms with Gasteiger partial charge in [-0.05, 0) is 55.2 Å². The molecule has 0 unspecified atom stereocenters. The Morgan fingerprint density at radius 1 is 1.07 bits per heavy atom. The lowest BCUT2D eigenvalue weighted by atomic mass is 10.0. The molecule has 2 amide bonds. The van der Waals surface area contributed by atoms with Gasteiger partial charge in [0, 0.05) is 24.6 Å². The fraction of sp³-hybridized carbons (Fsp3) is 0.400. The lowest BCUT2D eigenvalue weighted by Gasteiger charge is -2.21. The molecule has 0 saturated heterocycles. The van der Waals surface area contributed by atoms with Crippen molar-refractivity contribution in [2.24, 2.45) is 0 Å². The summed E-state index contributed by atoms with van der Waals surface area (Å²) in [5.41, 5.74) is 1.62. The van der Waals surface area contributed by atoms with Gasteiger partial charge in [0.15, 0.2) is 9.84 Å². The second-order valence-electron chi connectivity index (χ2n) is 6.82. The van der Waals surface area contributed by atoms with Crippen LogP contribution in [-0.2, 0) is 16.3 Å². The van der Waals surface area contributed by atoms with Crippen LogP contribution in [0.1, 0.15) is 37.7 Å². The van der Waals surface area contributed by atoms with E-state index < -0.39 is 9.84 Å². The zero-order chi connectivity index (χ0) is 19.1. The largest absolute Gasteiger partial charge is 0.338 e. The number of sulfone groups is 1. The molecule has 27 heavy (non-hydrogen) atoms. The summed E-state index contributed by atoms with van der Waals surface area (Å²) in [6, 6.07) is 9.93. The normalized spacial score (nSPS) is 15.3. The Hall–Kier alpha value is -2.41. The summed E-state index contributed by atoms with van der Waals surface area (Å²) < 4.78 is 25.4. The van der Waals surface area contributed by atoms with E-state index in [1.807, 2.05) is 12.1 Å². The number of amides is 2. The summed E-state index contributed by atoms with van der Waals surface area (Å²) in [4.78, 5) is 16.3. The molecule has 6 nitrogen and oxygen atoms in total. The molecule has 144 valence electrons. The molecule has 1 heterocycles. The van der Waals surface area contributed by atoms with Crippen LogP contribution in [0.5, 0.6) is 0 Å². The van der Waals surface area contributed by atoms with E-state index in [0.717, 1.165) is 37.7 Å². The minimum atomic E-state index is -3.29. The van der Waals surface area contributed by atoms with Crippen LogP contribution in [0.4, 0.5) is 10.5 Å². The number of nitrogens with one attached hydrogen (secondary N) is 2. The topological polar surface area (TPSA) is 88.2 Å². The van der Waals surface area contributed by atoms with Crippen LogP contribution < -0.4 is 10.6 Å². The third-order valence-electron chi connectivity index (χ3n) is 4.85. The van der Waals surface area contributed by atoms with Gasteiger partial charge in [-0.15, -0.1) is 0 Å². The van der Waals surface area contributed by atoms with E-state index in [1.165, 1.54) is 0 Å². The van der Waals surface area contributed by atoms with Gasteiger partial charge in [-0.3, -0.25) is 4.98 Å². The molecule has 1 aliphatic carbocycles. The Morgan fingerprint density at radius 3 is 2.48 bits per heavy atom. The molecule has 1 aromatic carbocycles. The van der Waals surface area contributed by atoms with Crippen LogP contribution in [0, 0.1) is 0 Å². The number of pyridine rings is 1. The lowest BCUT2D eigenvalue weighted by molar-refractivity contribution is 0.252. The molecule has 0 atom stereocenters.